The van der Waals surface area contributed by atoms with Crippen LogP contribution in [0.4, 0.5) is 0 Å². The first-order valence-electron chi connectivity index (χ1n) is 5.62. The van der Waals surface area contributed by atoms with Crippen molar-refractivity contribution >= 4 is 0 Å². The zero-order chi connectivity index (χ0) is 9.90. The Kier molecular flexibility index (Phi) is 6.74. The summed E-state index contributed by atoms with van der Waals surface area (Å²) in [5.41, 5.74) is 0. The molecule has 0 atom stereocenters. The maximum absolute atomic E-state index is 2.30. The minimum atomic E-state index is 1.07. The molecular weight excluding hydrogens is 168 g/mol. The number of hydrogen-bond acceptors (Lipinski definition) is 0. The molecule has 0 unspecified atom stereocenters. The van der Waals surface area contributed by atoms with Crippen LogP contribution in [-0.2, 0) is 0 Å². The number of allylic oxidation sites excluding steroid dienone is 8. The van der Waals surface area contributed by atoms with Gasteiger partial charge in [-0.3, -0.25) is 0 Å². The van der Waals surface area contributed by atoms with E-state index in [1.165, 1.54) is 25.7 Å². The molecule has 0 amide bonds. The second-order valence-electron chi connectivity index (χ2n) is 3.55. The monoisotopic (exact) mass is 188 g/mol. The van der Waals surface area contributed by atoms with Crippen molar-refractivity contribution in [3.63, 3.8) is 0 Å². The average molecular weight is 188 g/mol. The minimum absolute atomic E-state index is 1.07. The molecule has 0 heterocycles. The van der Waals surface area contributed by atoms with Crippen molar-refractivity contribution < 1.29 is 0 Å². The van der Waals surface area contributed by atoms with Crippen LogP contribution in [0.2, 0.25) is 0 Å². The lowest BCUT2D eigenvalue weighted by molar-refractivity contribution is 0.760. The Labute approximate surface area is 87.7 Å². The van der Waals surface area contributed by atoms with Crippen LogP contribution in [0, 0.1) is 0 Å². The second-order valence-corrected chi connectivity index (χ2v) is 3.55. The maximum Gasteiger partial charge on any atom is -0.0166 e. The van der Waals surface area contributed by atoms with Crippen LogP contribution in [0.15, 0.2) is 48.6 Å². The first-order valence-corrected chi connectivity index (χ1v) is 5.62. The van der Waals surface area contributed by atoms with Crippen LogP contribution in [0.1, 0.15) is 38.5 Å². The van der Waals surface area contributed by atoms with Gasteiger partial charge in [0.1, 0.15) is 0 Å². The van der Waals surface area contributed by atoms with Gasteiger partial charge in [0.2, 0.25) is 0 Å². The molecule has 0 saturated carbocycles. The van der Waals surface area contributed by atoms with E-state index < -0.39 is 0 Å². The number of rotatable bonds is 0. The van der Waals surface area contributed by atoms with Crippen LogP contribution in [0.3, 0.4) is 0 Å². The molecule has 0 saturated heterocycles. The molecule has 1 rings (SSSR count). The van der Waals surface area contributed by atoms with E-state index in [4.69, 9.17) is 0 Å². The lowest BCUT2D eigenvalue weighted by Gasteiger charge is -1.93. The number of hydrogen-bond donors (Lipinski definition) is 0. The van der Waals surface area contributed by atoms with Crippen LogP contribution < -0.4 is 0 Å². The highest BCUT2D eigenvalue weighted by molar-refractivity contribution is 5.06. The van der Waals surface area contributed by atoms with Gasteiger partial charge in [-0.05, 0) is 38.5 Å². The topological polar surface area (TPSA) is 0 Å². The standard InChI is InChI=1S/C14H20/c1-2-4-6-8-10-12-14-13-11-9-7-5-3-1/h1-4,7-10H,5-6,11-14H2/b3-1-,4-2+,9-7+,10-8?. The molecule has 0 aromatic heterocycles. The van der Waals surface area contributed by atoms with Gasteiger partial charge in [-0.15, -0.1) is 0 Å². The largest absolute Gasteiger partial charge is 0.0882 e. The van der Waals surface area contributed by atoms with E-state index in [0.717, 1.165) is 12.8 Å². The van der Waals surface area contributed by atoms with E-state index in [0.29, 0.717) is 0 Å². The average Bonchev–Trinajstić information content (AvgIpc) is 2.22. The first kappa shape index (κ1) is 11.0. The summed E-state index contributed by atoms with van der Waals surface area (Å²) in [6, 6.07) is 0. The Bertz CT molecular complexity index is 202. The molecule has 14 heavy (non-hydrogen) atoms. The quantitative estimate of drug-likeness (QED) is 0.489. The fourth-order valence-electron chi connectivity index (χ4n) is 1.42. The molecular formula is C14H20. The summed E-state index contributed by atoms with van der Waals surface area (Å²) >= 11 is 0. The normalized spacial score (nSPS) is 26.3. The van der Waals surface area contributed by atoms with Crippen molar-refractivity contribution in [2.45, 2.75) is 38.5 Å². The Morgan fingerprint density at radius 3 is 1.50 bits per heavy atom. The van der Waals surface area contributed by atoms with Crippen LogP contribution >= 0.6 is 0 Å². The molecule has 0 nitrogen and oxygen atoms in total. The minimum Gasteiger partial charge on any atom is -0.0882 e. The molecule has 0 radical (unpaired) electrons. The molecule has 1 aliphatic carbocycles. The molecule has 0 fully saturated rings. The fourth-order valence-corrected chi connectivity index (χ4v) is 1.42. The summed E-state index contributed by atoms with van der Waals surface area (Å²) in [4.78, 5) is 0. The molecule has 0 bridgehead atoms. The molecule has 76 valence electrons. The lowest BCUT2D eigenvalue weighted by Crippen LogP contribution is -1.73. The van der Waals surface area contributed by atoms with E-state index in [9.17, 15) is 0 Å². The zero-order valence-electron chi connectivity index (χ0n) is 8.86. The van der Waals surface area contributed by atoms with Crippen molar-refractivity contribution in [1.82, 2.24) is 0 Å². The molecule has 0 N–H and O–H groups in total. The molecule has 0 heteroatoms. The summed E-state index contributed by atoms with van der Waals surface area (Å²) in [6.45, 7) is 0. The summed E-state index contributed by atoms with van der Waals surface area (Å²) in [7, 11) is 0. The van der Waals surface area contributed by atoms with Crippen LogP contribution in [0.5, 0.6) is 0 Å². The zero-order valence-corrected chi connectivity index (χ0v) is 8.86. The molecule has 0 aromatic rings. The van der Waals surface area contributed by atoms with E-state index in [-0.39, 0.29) is 0 Å². The Balaban J connectivity index is 2.35. The third-order valence-electron chi connectivity index (χ3n) is 2.25. The predicted molar refractivity (Wildman–Crippen MR) is 64.3 cm³/mol. The van der Waals surface area contributed by atoms with Crippen molar-refractivity contribution in [1.29, 1.82) is 0 Å². The van der Waals surface area contributed by atoms with E-state index in [2.05, 4.69) is 48.6 Å². The highest BCUT2D eigenvalue weighted by Crippen LogP contribution is 2.03. The van der Waals surface area contributed by atoms with Gasteiger partial charge in [0.25, 0.3) is 0 Å². The van der Waals surface area contributed by atoms with Gasteiger partial charge < -0.3 is 0 Å². The van der Waals surface area contributed by atoms with Crippen LogP contribution in [0.25, 0.3) is 0 Å². The highest BCUT2D eigenvalue weighted by Gasteiger charge is 1.83. The van der Waals surface area contributed by atoms with E-state index in [1.54, 1.807) is 0 Å². The van der Waals surface area contributed by atoms with Gasteiger partial charge in [-0.25, -0.2) is 0 Å². The summed E-state index contributed by atoms with van der Waals surface area (Å²) in [6.07, 6.45) is 25.0. The van der Waals surface area contributed by atoms with Gasteiger partial charge in [0, 0.05) is 0 Å². The smallest absolute Gasteiger partial charge is 0.0166 e. The third kappa shape index (κ3) is 6.47. The van der Waals surface area contributed by atoms with E-state index >= 15 is 0 Å². The van der Waals surface area contributed by atoms with Crippen molar-refractivity contribution in [3.05, 3.63) is 48.6 Å². The Morgan fingerprint density at radius 2 is 1.00 bits per heavy atom. The first-order chi connectivity index (χ1) is 7.00. The molecule has 0 spiro atoms. The fraction of sp³-hybridized carbons (Fsp3) is 0.429. The van der Waals surface area contributed by atoms with Crippen molar-refractivity contribution in [2.75, 3.05) is 0 Å². The summed E-state index contributed by atoms with van der Waals surface area (Å²) < 4.78 is 0. The second kappa shape index (κ2) is 8.55. The summed E-state index contributed by atoms with van der Waals surface area (Å²) in [5.74, 6) is 0. The molecule has 0 aromatic carbocycles. The van der Waals surface area contributed by atoms with Gasteiger partial charge in [0.05, 0.1) is 0 Å². The highest BCUT2D eigenvalue weighted by atomic mass is 13.9. The summed E-state index contributed by atoms with van der Waals surface area (Å²) in [5, 5.41) is 0. The predicted octanol–water partition coefficient (Wildman–Crippen LogP) is 4.57. The molecule has 1 aliphatic rings. The third-order valence-corrected chi connectivity index (χ3v) is 2.25. The van der Waals surface area contributed by atoms with Gasteiger partial charge in [0.15, 0.2) is 0 Å². The maximum atomic E-state index is 2.30. The SMILES string of the molecule is C1=CCCCC/C=C/C/C=C\C=C\C1. The lowest BCUT2D eigenvalue weighted by atomic mass is 10.1. The van der Waals surface area contributed by atoms with Gasteiger partial charge in [-0.1, -0.05) is 48.6 Å². The Hall–Kier alpha value is -1.04. The Morgan fingerprint density at radius 1 is 0.500 bits per heavy atom. The molecule has 0 aliphatic heterocycles. The van der Waals surface area contributed by atoms with Gasteiger partial charge >= 0.3 is 0 Å². The van der Waals surface area contributed by atoms with Crippen molar-refractivity contribution in [3.8, 4) is 0 Å². The van der Waals surface area contributed by atoms with E-state index in [1.807, 2.05) is 0 Å². The van der Waals surface area contributed by atoms with Crippen molar-refractivity contribution in [2.24, 2.45) is 0 Å². The van der Waals surface area contributed by atoms with Crippen LogP contribution in [-0.4, -0.2) is 0 Å². The van der Waals surface area contributed by atoms with Gasteiger partial charge in [-0.2, -0.15) is 0 Å².